The van der Waals surface area contributed by atoms with Gasteiger partial charge >= 0.3 is 0 Å². The number of nitrogens with zero attached hydrogens (tertiary/aromatic N) is 1. The highest BCUT2D eigenvalue weighted by Gasteiger charge is 2.17. The maximum absolute atomic E-state index is 12.9. The van der Waals surface area contributed by atoms with Crippen molar-refractivity contribution in [2.75, 3.05) is 0 Å². The Morgan fingerprint density at radius 2 is 2.15 bits per heavy atom. The summed E-state index contributed by atoms with van der Waals surface area (Å²) in [5, 5.41) is 0.401. The topological polar surface area (TPSA) is 12.9 Å². The first kappa shape index (κ1) is 11.2. The average molecular weight is 366 g/mol. The van der Waals surface area contributed by atoms with E-state index in [9.17, 15) is 13.2 Å². The Morgan fingerprint density at radius 3 is 2.62 bits per heavy atom. The Kier molecular flexibility index (Phi) is 3.96. The minimum atomic E-state index is -2.86. The fraction of sp³-hybridized carbons (Fsp3) is 0.286. The summed E-state index contributed by atoms with van der Waals surface area (Å²) in [6, 6.07) is 1.07. The quantitative estimate of drug-likeness (QED) is 0.443. The average Bonchev–Trinajstić information content (AvgIpc) is 2.07. The first-order valence-electron chi connectivity index (χ1n) is 3.25. The summed E-state index contributed by atoms with van der Waals surface area (Å²) in [5.74, 6) is -0.954. The van der Waals surface area contributed by atoms with Gasteiger partial charge in [-0.2, -0.15) is 0 Å². The van der Waals surface area contributed by atoms with Gasteiger partial charge in [0.15, 0.2) is 5.82 Å². The molecule has 0 spiro atoms. The highest BCUT2D eigenvalue weighted by molar-refractivity contribution is 14.1. The van der Waals surface area contributed by atoms with Gasteiger partial charge in [0.1, 0.15) is 9.39 Å². The van der Waals surface area contributed by atoms with Crippen LogP contribution in [0.25, 0.3) is 0 Å². The molecule has 0 amide bonds. The third-order valence-corrected chi connectivity index (χ3v) is 2.92. The van der Waals surface area contributed by atoms with Crippen LogP contribution in [0.2, 0.25) is 0 Å². The number of alkyl halides is 3. The maximum atomic E-state index is 12.9. The molecular formula is C7H4BrF3IN. The van der Waals surface area contributed by atoms with E-state index in [2.05, 4.69) is 20.9 Å². The van der Waals surface area contributed by atoms with Crippen molar-refractivity contribution in [3.05, 3.63) is 26.8 Å². The Bertz CT molecular complexity index is 319. The molecule has 1 aromatic heterocycles. The van der Waals surface area contributed by atoms with E-state index in [1.54, 1.807) is 22.6 Å². The summed E-state index contributed by atoms with van der Waals surface area (Å²) in [6.45, 7) is 0. The number of halogens is 5. The molecule has 1 rings (SSSR count). The summed E-state index contributed by atoms with van der Waals surface area (Å²) >= 11 is 4.90. The van der Waals surface area contributed by atoms with Gasteiger partial charge < -0.3 is 0 Å². The molecule has 0 saturated heterocycles. The van der Waals surface area contributed by atoms with Crippen LogP contribution in [-0.4, -0.2) is 4.98 Å². The van der Waals surface area contributed by atoms with Gasteiger partial charge in [0.2, 0.25) is 0 Å². The van der Waals surface area contributed by atoms with Crippen LogP contribution in [0.4, 0.5) is 13.2 Å². The van der Waals surface area contributed by atoms with E-state index in [-0.39, 0.29) is 0 Å². The summed E-state index contributed by atoms with van der Waals surface area (Å²) in [4.78, 5) is 3.47. The molecule has 0 radical (unpaired) electrons. The molecule has 0 unspecified atom stereocenters. The van der Waals surface area contributed by atoms with Gasteiger partial charge in [0, 0.05) is 5.33 Å². The second-order valence-corrected chi connectivity index (χ2v) is 3.82. The molecule has 1 aromatic rings. The number of aromatic nitrogens is 1. The minimum absolute atomic E-state index is 0.395. The van der Waals surface area contributed by atoms with Crippen LogP contribution in [0, 0.1) is 9.52 Å². The molecular weight excluding hydrogens is 362 g/mol. The molecule has 0 aliphatic carbocycles. The van der Waals surface area contributed by atoms with Crippen LogP contribution in [-0.2, 0) is 5.33 Å². The van der Waals surface area contributed by atoms with Crippen molar-refractivity contribution in [1.82, 2.24) is 4.98 Å². The van der Waals surface area contributed by atoms with E-state index in [0.717, 1.165) is 6.07 Å². The Balaban J connectivity index is 3.20. The second-order valence-electron chi connectivity index (χ2n) is 2.24. The first-order valence-corrected chi connectivity index (χ1v) is 5.45. The standard InChI is InChI=1S/C7H4BrF3IN/c8-2-3-1-4(9)5(6(10)11)13-7(3)12/h1,6H,2H2. The number of hydrogen-bond acceptors (Lipinski definition) is 1. The Labute approximate surface area is 95.0 Å². The van der Waals surface area contributed by atoms with E-state index >= 15 is 0 Å². The van der Waals surface area contributed by atoms with Crippen LogP contribution < -0.4 is 0 Å². The lowest BCUT2D eigenvalue weighted by Gasteiger charge is -2.04. The zero-order valence-corrected chi connectivity index (χ0v) is 9.94. The maximum Gasteiger partial charge on any atom is 0.283 e. The fourth-order valence-electron chi connectivity index (χ4n) is 0.764. The van der Waals surface area contributed by atoms with Crippen molar-refractivity contribution in [2.45, 2.75) is 11.8 Å². The van der Waals surface area contributed by atoms with Gasteiger partial charge in [-0.3, -0.25) is 0 Å². The highest BCUT2D eigenvalue weighted by Crippen LogP contribution is 2.23. The lowest BCUT2D eigenvalue weighted by Crippen LogP contribution is -2.00. The molecule has 6 heteroatoms. The molecule has 13 heavy (non-hydrogen) atoms. The molecule has 0 fully saturated rings. The van der Waals surface area contributed by atoms with E-state index in [1.165, 1.54) is 0 Å². The summed E-state index contributed by atoms with van der Waals surface area (Å²) in [7, 11) is 0. The monoisotopic (exact) mass is 365 g/mol. The van der Waals surface area contributed by atoms with Crippen LogP contribution >= 0.6 is 38.5 Å². The lowest BCUT2D eigenvalue weighted by atomic mass is 10.2. The van der Waals surface area contributed by atoms with Crippen molar-refractivity contribution in [2.24, 2.45) is 0 Å². The summed E-state index contributed by atoms with van der Waals surface area (Å²) in [5.41, 5.74) is -0.211. The molecule has 0 atom stereocenters. The third-order valence-electron chi connectivity index (χ3n) is 1.38. The number of rotatable bonds is 2. The summed E-state index contributed by atoms with van der Waals surface area (Å²) < 4.78 is 37.5. The lowest BCUT2D eigenvalue weighted by molar-refractivity contribution is 0.140. The van der Waals surface area contributed by atoms with E-state index < -0.39 is 17.9 Å². The smallest absolute Gasteiger partial charge is 0.237 e. The Morgan fingerprint density at radius 1 is 1.54 bits per heavy atom. The molecule has 1 nitrogen and oxygen atoms in total. The normalized spacial score (nSPS) is 10.9. The van der Waals surface area contributed by atoms with Crippen LogP contribution in [0.5, 0.6) is 0 Å². The molecule has 0 saturated carbocycles. The van der Waals surface area contributed by atoms with Crippen LogP contribution in [0.3, 0.4) is 0 Å². The molecule has 1 heterocycles. The van der Waals surface area contributed by atoms with Gasteiger partial charge in [-0.25, -0.2) is 18.2 Å². The van der Waals surface area contributed by atoms with Crippen molar-refractivity contribution in [1.29, 1.82) is 0 Å². The summed E-state index contributed by atoms with van der Waals surface area (Å²) in [6.07, 6.45) is -2.86. The van der Waals surface area contributed by atoms with Gasteiger partial charge in [-0.1, -0.05) is 15.9 Å². The zero-order chi connectivity index (χ0) is 10.0. The van der Waals surface area contributed by atoms with Gasteiger partial charge in [-0.05, 0) is 34.2 Å². The Hall–Kier alpha value is 0.150. The predicted octanol–water partition coefficient (Wildman–Crippen LogP) is 3.66. The van der Waals surface area contributed by atoms with Gasteiger partial charge in [-0.15, -0.1) is 0 Å². The number of pyridine rings is 1. The van der Waals surface area contributed by atoms with Crippen LogP contribution in [0.15, 0.2) is 6.07 Å². The molecule has 0 bridgehead atoms. The second kappa shape index (κ2) is 4.59. The molecule has 0 N–H and O–H groups in total. The van der Waals surface area contributed by atoms with Gasteiger partial charge in [0.25, 0.3) is 6.43 Å². The molecule has 72 valence electrons. The van der Waals surface area contributed by atoms with E-state index in [1.807, 2.05) is 0 Å². The zero-order valence-electron chi connectivity index (χ0n) is 6.20. The van der Waals surface area contributed by atoms with Crippen molar-refractivity contribution >= 4 is 38.5 Å². The van der Waals surface area contributed by atoms with Crippen LogP contribution in [0.1, 0.15) is 17.7 Å². The number of hydrogen-bond donors (Lipinski definition) is 0. The highest BCUT2D eigenvalue weighted by atomic mass is 127. The van der Waals surface area contributed by atoms with Crippen molar-refractivity contribution < 1.29 is 13.2 Å². The van der Waals surface area contributed by atoms with Crippen molar-refractivity contribution in [3.8, 4) is 0 Å². The third kappa shape index (κ3) is 2.55. The minimum Gasteiger partial charge on any atom is -0.237 e. The fourth-order valence-corrected chi connectivity index (χ4v) is 2.32. The van der Waals surface area contributed by atoms with Gasteiger partial charge in [0.05, 0.1) is 0 Å². The largest absolute Gasteiger partial charge is 0.283 e. The first-order chi connectivity index (χ1) is 6.06. The predicted molar refractivity (Wildman–Crippen MR) is 54.5 cm³/mol. The van der Waals surface area contributed by atoms with Crippen molar-refractivity contribution in [3.63, 3.8) is 0 Å². The van der Waals surface area contributed by atoms with E-state index in [4.69, 9.17) is 0 Å². The molecule has 0 aliphatic rings. The molecule has 0 aromatic carbocycles. The van der Waals surface area contributed by atoms with E-state index in [0.29, 0.717) is 14.6 Å². The SMILES string of the molecule is Fc1cc(CBr)c(I)nc1C(F)F. The molecule has 0 aliphatic heterocycles.